The third-order valence-corrected chi connectivity index (χ3v) is 2.59. The van der Waals surface area contributed by atoms with Gasteiger partial charge in [-0.25, -0.2) is 9.59 Å². The molecule has 0 aliphatic heterocycles. The van der Waals surface area contributed by atoms with Crippen LogP contribution in [-0.2, 0) is 20.9 Å². The Hall–Kier alpha value is -2.34. The lowest BCUT2D eigenvalue weighted by Gasteiger charge is -2.16. The van der Waals surface area contributed by atoms with Crippen LogP contribution in [0, 0.1) is 0 Å². The SMILES string of the molecule is C=CCOC(=O)[C@@H](CCN)NC(=O)OCc1ccccc1. The van der Waals surface area contributed by atoms with Crippen LogP contribution in [-0.4, -0.2) is 31.3 Å². The van der Waals surface area contributed by atoms with Gasteiger partial charge in [0.25, 0.3) is 0 Å². The molecule has 1 amide bonds. The Labute approximate surface area is 123 Å². The second-order valence-electron chi connectivity index (χ2n) is 4.25. The van der Waals surface area contributed by atoms with Crippen molar-refractivity contribution < 1.29 is 19.1 Å². The molecule has 0 saturated heterocycles. The number of nitrogens with two attached hydrogens (primary N) is 1. The molecule has 6 nitrogen and oxygen atoms in total. The van der Waals surface area contributed by atoms with Crippen LogP contribution in [0.15, 0.2) is 43.0 Å². The molecule has 0 bridgehead atoms. The highest BCUT2D eigenvalue weighted by Gasteiger charge is 2.21. The van der Waals surface area contributed by atoms with Crippen molar-refractivity contribution in [1.82, 2.24) is 5.32 Å². The summed E-state index contributed by atoms with van der Waals surface area (Å²) in [6.07, 6.45) is 1.04. The van der Waals surface area contributed by atoms with Gasteiger partial charge in [-0.05, 0) is 18.5 Å². The van der Waals surface area contributed by atoms with Crippen LogP contribution < -0.4 is 11.1 Å². The van der Waals surface area contributed by atoms with Crippen LogP contribution in [0.5, 0.6) is 0 Å². The van der Waals surface area contributed by atoms with Gasteiger partial charge in [-0.2, -0.15) is 0 Å². The predicted molar refractivity (Wildman–Crippen MR) is 78.4 cm³/mol. The molecule has 21 heavy (non-hydrogen) atoms. The zero-order valence-electron chi connectivity index (χ0n) is 11.8. The first-order chi connectivity index (χ1) is 10.2. The molecular formula is C15H20N2O4. The van der Waals surface area contributed by atoms with Crippen LogP contribution in [0.2, 0.25) is 0 Å². The van der Waals surface area contributed by atoms with E-state index in [0.717, 1.165) is 5.56 Å². The molecular weight excluding hydrogens is 272 g/mol. The summed E-state index contributed by atoms with van der Waals surface area (Å²) < 4.78 is 9.93. The van der Waals surface area contributed by atoms with E-state index in [1.807, 2.05) is 30.3 Å². The number of hydrogen-bond acceptors (Lipinski definition) is 5. The smallest absolute Gasteiger partial charge is 0.408 e. The number of carbonyl (C=O) groups is 2. The lowest BCUT2D eigenvalue weighted by molar-refractivity contribution is -0.144. The second-order valence-corrected chi connectivity index (χ2v) is 4.25. The molecule has 1 aromatic rings. The Bertz CT molecular complexity index is 462. The van der Waals surface area contributed by atoms with Gasteiger partial charge in [0.05, 0.1) is 0 Å². The molecule has 3 N–H and O–H groups in total. The number of hydrogen-bond donors (Lipinski definition) is 2. The Morgan fingerprint density at radius 2 is 2.00 bits per heavy atom. The third kappa shape index (κ3) is 6.58. The minimum atomic E-state index is -0.821. The maximum atomic E-state index is 11.7. The van der Waals surface area contributed by atoms with Gasteiger partial charge in [0.2, 0.25) is 0 Å². The van der Waals surface area contributed by atoms with Gasteiger partial charge >= 0.3 is 12.1 Å². The van der Waals surface area contributed by atoms with E-state index in [-0.39, 0.29) is 26.2 Å². The number of ether oxygens (including phenoxy) is 2. The van der Waals surface area contributed by atoms with Crippen LogP contribution >= 0.6 is 0 Å². The van der Waals surface area contributed by atoms with E-state index in [1.54, 1.807) is 0 Å². The van der Waals surface area contributed by atoms with Gasteiger partial charge in [0, 0.05) is 0 Å². The van der Waals surface area contributed by atoms with Crippen LogP contribution in [0.3, 0.4) is 0 Å². The van der Waals surface area contributed by atoms with Gasteiger partial charge < -0.3 is 20.5 Å². The van der Waals surface area contributed by atoms with E-state index in [2.05, 4.69) is 11.9 Å². The van der Waals surface area contributed by atoms with Crippen molar-refractivity contribution in [2.75, 3.05) is 13.2 Å². The fourth-order valence-electron chi connectivity index (χ4n) is 1.56. The largest absolute Gasteiger partial charge is 0.460 e. The Morgan fingerprint density at radius 1 is 1.29 bits per heavy atom. The number of rotatable bonds is 8. The molecule has 114 valence electrons. The molecule has 0 saturated carbocycles. The van der Waals surface area contributed by atoms with Crippen molar-refractivity contribution in [3.63, 3.8) is 0 Å². The molecule has 0 spiro atoms. The molecule has 0 aliphatic rings. The first-order valence-corrected chi connectivity index (χ1v) is 6.62. The molecule has 0 heterocycles. The number of benzene rings is 1. The highest BCUT2D eigenvalue weighted by Crippen LogP contribution is 2.02. The van der Waals surface area contributed by atoms with E-state index in [0.29, 0.717) is 0 Å². The molecule has 0 fully saturated rings. The lowest BCUT2D eigenvalue weighted by Crippen LogP contribution is -2.43. The Balaban J connectivity index is 2.44. The topological polar surface area (TPSA) is 90.6 Å². The summed E-state index contributed by atoms with van der Waals surface area (Å²) in [6.45, 7) is 3.90. The zero-order valence-corrected chi connectivity index (χ0v) is 11.8. The normalized spacial score (nSPS) is 11.3. The monoisotopic (exact) mass is 292 g/mol. The van der Waals surface area contributed by atoms with Crippen molar-refractivity contribution in [2.45, 2.75) is 19.1 Å². The molecule has 0 aromatic heterocycles. The molecule has 6 heteroatoms. The van der Waals surface area contributed by atoms with Crippen LogP contribution in [0.4, 0.5) is 4.79 Å². The summed E-state index contributed by atoms with van der Waals surface area (Å²) in [4.78, 5) is 23.4. The van der Waals surface area contributed by atoms with Crippen LogP contribution in [0.1, 0.15) is 12.0 Å². The first kappa shape index (κ1) is 16.7. The van der Waals surface area contributed by atoms with Gasteiger partial charge in [0.15, 0.2) is 0 Å². The summed E-state index contributed by atoms with van der Waals surface area (Å²) in [5.74, 6) is -0.558. The number of amides is 1. The van der Waals surface area contributed by atoms with Crippen molar-refractivity contribution in [2.24, 2.45) is 5.73 Å². The van der Waals surface area contributed by atoms with Gasteiger partial charge in [0.1, 0.15) is 19.3 Å². The first-order valence-electron chi connectivity index (χ1n) is 6.62. The molecule has 0 radical (unpaired) electrons. The minimum Gasteiger partial charge on any atom is -0.460 e. The summed E-state index contributed by atoms with van der Waals surface area (Å²) in [6, 6.07) is 8.42. The maximum Gasteiger partial charge on any atom is 0.408 e. The fourth-order valence-corrected chi connectivity index (χ4v) is 1.56. The summed E-state index contributed by atoms with van der Waals surface area (Å²) in [7, 11) is 0. The number of alkyl carbamates (subject to hydrolysis) is 1. The maximum absolute atomic E-state index is 11.7. The molecule has 1 atom stereocenters. The van der Waals surface area contributed by atoms with Gasteiger partial charge in [-0.15, -0.1) is 0 Å². The summed E-state index contributed by atoms with van der Waals surface area (Å²) in [5.41, 5.74) is 6.28. The Kier molecular flexibility index (Phi) is 7.60. The standard InChI is InChI=1S/C15H20N2O4/c1-2-10-20-14(18)13(8-9-16)17-15(19)21-11-12-6-4-3-5-7-12/h2-7,13H,1,8-11,16H2,(H,17,19)/t13-/m1/s1. The number of nitrogens with one attached hydrogen (secondary N) is 1. The molecule has 1 aromatic carbocycles. The molecule has 1 rings (SSSR count). The van der Waals surface area contributed by atoms with Gasteiger partial charge in [-0.1, -0.05) is 43.0 Å². The number of esters is 1. The average molecular weight is 292 g/mol. The minimum absolute atomic E-state index is 0.0840. The zero-order chi connectivity index (χ0) is 15.5. The predicted octanol–water partition coefficient (Wildman–Crippen LogP) is 1.36. The second kappa shape index (κ2) is 9.55. The molecule has 0 aliphatic carbocycles. The highest BCUT2D eigenvalue weighted by molar-refractivity contribution is 5.81. The van der Waals surface area contributed by atoms with Gasteiger partial charge in [-0.3, -0.25) is 0 Å². The van der Waals surface area contributed by atoms with Crippen molar-refractivity contribution in [3.05, 3.63) is 48.6 Å². The van der Waals surface area contributed by atoms with E-state index in [1.165, 1.54) is 6.08 Å². The third-order valence-electron chi connectivity index (χ3n) is 2.59. The van der Waals surface area contributed by atoms with Crippen LogP contribution in [0.25, 0.3) is 0 Å². The van der Waals surface area contributed by atoms with E-state index in [4.69, 9.17) is 15.2 Å². The van der Waals surface area contributed by atoms with E-state index in [9.17, 15) is 9.59 Å². The average Bonchev–Trinajstić information content (AvgIpc) is 2.51. The summed E-state index contributed by atoms with van der Waals surface area (Å²) in [5, 5.41) is 2.45. The van der Waals surface area contributed by atoms with Crippen molar-refractivity contribution >= 4 is 12.1 Å². The number of carbonyl (C=O) groups excluding carboxylic acids is 2. The van der Waals surface area contributed by atoms with Crippen molar-refractivity contribution in [1.29, 1.82) is 0 Å². The van der Waals surface area contributed by atoms with Crippen molar-refractivity contribution in [3.8, 4) is 0 Å². The van der Waals surface area contributed by atoms with E-state index >= 15 is 0 Å². The Morgan fingerprint density at radius 3 is 2.62 bits per heavy atom. The quantitative estimate of drug-likeness (QED) is 0.557. The lowest BCUT2D eigenvalue weighted by atomic mass is 10.2. The summed E-state index contributed by atoms with van der Waals surface area (Å²) >= 11 is 0. The fraction of sp³-hybridized carbons (Fsp3) is 0.333. The molecule has 0 unspecified atom stereocenters. The van der Waals surface area contributed by atoms with E-state index < -0.39 is 18.1 Å². The highest BCUT2D eigenvalue weighted by atomic mass is 16.6.